The van der Waals surface area contributed by atoms with Crippen molar-refractivity contribution in [1.82, 2.24) is 15.1 Å². The number of hydrogen-bond acceptors (Lipinski definition) is 3. The maximum Gasteiger partial charge on any atom is 0.193 e. The average molecular weight is 385 g/mol. The van der Waals surface area contributed by atoms with Crippen LogP contribution in [0, 0.1) is 11.8 Å². The van der Waals surface area contributed by atoms with Crippen LogP contribution < -0.4 is 5.32 Å². The van der Waals surface area contributed by atoms with Gasteiger partial charge in [-0.1, -0.05) is 37.1 Å². The van der Waals surface area contributed by atoms with E-state index in [1.165, 1.54) is 49.9 Å². The second-order valence-corrected chi connectivity index (χ2v) is 8.85. The molecule has 2 heterocycles. The number of likely N-dealkylation sites (tertiary alicyclic amines) is 1. The summed E-state index contributed by atoms with van der Waals surface area (Å²) in [5, 5.41) is 3.62. The lowest BCUT2D eigenvalue weighted by atomic mass is 9.82. The van der Waals surface area contributed by atoms with Gasteiger partial charge in [-0.15, -0.1) is 0 Å². The molecule has 1 N–H and O–H groups in total. The highest BCUT2D eigenvalue weighted by Gasteiger charge is 2.35. The summed E-state index contributed by atoms with van der Waals surface area (Å²) < 4.78 is 5.66. The summed E-state index contributed by atoms with van der Waals surface area (Å²) in [6, 6.07) is 8.98. The standard InChI is InChI=1S/C23H36N4O/c1-18-14-26(10-11-28-18)15-20-7-5-6-19(12-20)13-25-23(24-2)27-16-21-8-3-4-9-22(21)17-27/h5-7,12,18,21-22H,3-4,8-11,13-17H2,1-2H3,(H,24,25). The Morgan fingerprint density at radius 1 is 1.14 bits per heavy atom. The molecule has 2 saturated heterocycles. The number of benzene rings is 1. The summed E-state index contributed by atoms with van der Waals surface area (Å²) in [5.41, 5.74) is 2.71. The summed E-state index contributed by atoms with van der Waals surface area (Å²) in [6.07, 6.45) is 5.97. The van der Waals surface area contributed by atoms with E-state index in [4.69, 9.17) is 4.74 Å². The first kappa shape index (κ1) is 19.7. The number of fused-ring (bicyclic) bond motifs is 1. The van der Waals surface area contributed by atoms with Gasteiger partial charge in [0.25, 0.3) is 0 Å². The van der Waals surface area contributed by atoms with E-state index < -0.39 is 0 Å². The number of ether oxygens (including phenoxy) is 1. The van der Waals surface area contributed by atoms with Crippen LogP contribution in [0.3, 0.4) is 0 Å². The van der Waals surface area contributed by atoms with E-state index in [-0.39, 0.29) is 0 Å². The van der Waals surface area contributed by atoms with E-state index >= 15 is 0 Å². The van der Waals surface area contributed by atoms with Crippen LogP contribution in [0.5, 0.6) is 0 Å². The van der Waals surface area contributed by atoms with E-state index in [0.29, 0.717) is 6.10 Å². The Balaban J connectivity index is 1.31. The van der Waals surface area contributed by atoms with Gasteiger partial charge in [-0.2, -0.15) is 0 Å². The van der Waals surface area contributed by atoms with Crippen molar-refractivity contribution in [3.05, 3.63) is 35.4 Å². The Kier molecular flexibility index (Phi) is 6.53. The minimum Gasteiger partial charge on any atom is -0.376 e. The number of hydrogen-bond donors (Lipinski definition) is 1. The minimum atomic E-state index is 0.339. The average Bonchev–Trinajstić information content (AvgIpc) is 3.13. The number of rotatable bonds is 4. The zero-order valence-electron chi connectivity index (χ0n) is 17.6. The zero-order valence-corrected chi connectivity index (χ0v) is 17.6. The maximum atomic E-state index is 5.66. The van der Waals surface area contributed by atoms with E-state index in [9.17, 15) is 0 Å². The topological polar surface area (TPSA) is 40.1 Å². The second kappa shape index (κ2) is 9.27. The lowest BCUT2D eigenvalue weighted by Crippen LogP contribution is -2.40. The Morgan fingerprint density at radius 3 is 2.61 bits per heavy atom. The molecule has 0 aromatic heterocycles. The quantitative estimate of drug-likeness (QED) is 0.640. The van der Waals surface area contributed by atoms with Crippen LogP contribution in [0.2, 0.25) is 0 Å². The molecule has 3 atom stereocenters. The van der Waals surface area contributed by atoms with Gasteiger partial charge in [0.1, 0.15) is 0 Å². The molecule has 154 valence electrons. The predicted octanol–water partition coefficient (Wildman–Crippen LogP) is 3.10. The highest BCUT2D eigenvalue weighted by Crippen LogP contribution is 2.35. The van der Waals surface area contributed by atoms with Crippen molar-refractivity contribution in [3.8, 4) is 0 Å². The maximum absolute atomic E-state index is 5.66. The number of morpholine rings is 1. The van der Waals surface area contributed by atoms with Crippen LogP contribution in [0.4, 0.5) is 0 Å². The largest absolute Gasteiger partial charge is 0.376 e. The summed E-state index contributed by atoms with van der Waals surface area (Å²) >= 11 is 0. The normalized spacial score (nSPS) is 29.0. The van der Waals surface area contributed by atoms with E-state index in [2.05, 4.69) is 51.3 Å². The smallest absolute Gasteiger partial charge is 0.193 e. The van der Waals surface area contributed by atoms with Crippen molar-refractivity contribution in [2.45, 2.75) is 51.8 Å². The van der Waals surface area contributed by atoms with Gasteiger partial charge in [-0.05, 0) is 42.7 Å². The van der Waals surface area contributed by atoms with Crippen LogP contribution in [0.1, 0.15) is 43.7 Å². The van der Waals surface area contributed by atoms with Crippen molar-refractivity contribution in [2.24, 2.45) is 16.8 Å². The molecule has 3 fully saturated rings. The number of guanidine groups is 1. The molecule has 1 aliphatic carbocycles. The van der Waals surface area contributed by atoms with Gasteiger partial charge in [0.2, 0.25) is 0 Å². The Morgan fingerprint density at radius 2 is 1.89 bits per heavy atom. The van der Waals surface area contributed by atoms with Crippen molar-refractivity contribution < 1.29 is 4.74 Å². The first-order valence-electron chi connectivity index (χ1n) is 11.1. The van der Waals surface area contributed by atoms with Crippen LogP contribution in [0.15, 0.2) is 29.3 Å². The highest BCUT2D eigenvalue weighted by atomic mass is 16.5. The molecule has 5 heteroatoms. The molecule has 28 heavy (non-hydrogen) atoms. The summed E-state index contributed by atoms with van der Waals surface area (Å²) in [7, 11) is 1.92. The van der Waals surface area contributed by atoms with Crippen LogP contribution >= 0.6 is 0 Å². The Labute approximate surface area is 170 Å². The monoisotopic (exact) mass is 384 g/mol. The molecule has 0 radical (unpaired) electrons. The molecule has 1 aromatic carbocycles. The molecular formula is C23H36N4O. The molecule has 1 saturated carbocycles. The third-order valence-electron chi connectivity index (χ3n) is 6.66. The molecular weight excluding hydrogens is 348 g/mol. The van der Waals surface area contributed by atoms with Crippen LogP contribution in [-0.2, 0) is 17.8 Å². The first-order valence-corrected chi connectivity index (χ1v) is 11.1. The van der Waals surface area contributed by atoms with Gasteiger partial charge in [0.05, 0.1) is 12.7 Å². The van der Waals surface area contributed by atoms with E-state index in [1.807, 2.05) is 7.05 Å². The number of nitrogens with one attached hydrogen (secondary N) is 1. The molecule has 0 bridgehead atoms. The van der Waals surface area contributed by atoms with Crippen LogP contribution in [-0.4, -0.2) is 61.7 Å². The lowest BCUT2D eigenvalue weighted by Gasteiger charge is -2.31. The number of nitrogens with zero attached hydrogens (tertiary/aromatic N) is 3. The summed E-state index contributed by atoms with van der Waals surface area (Å²) in [6.45, 7) is 9.25. The SMILES string of the molecule is CN=C(NCc1cccc(CN2CCOC(C)C2)c1)N1CC2CCCCC2C1. The third-order valence-corrected chi connectivity index (χ3v) is 6.66. The third kappa shape index (κ3) is 4.87. The molecule has 5 nitrogen and oxygen atoms in total. The van der Waals surface area contributed by atoms with Gasteiger partial charge in [0, 0.05) is 46.3 Å². The second-order valence-electron chi connectivity index (χ2n) is 8.85. The Hall–Kier alpha value is -1.59. The fourth-order valence-corrected chi connectivity index (χ4v) is 5.22. The van der Waals surface area contributed by atoms with Crippen molar-refractivity contribution in [2.75, 3.05) is 39.8 Å². The van der Waals surface area contributed by atoms with Gasteiger partial charge in [0.15, 0.2) is 5.96 Å². The van der Waals surface area contributed by atoms with E-state index in [1.54, 1.807) is 0 Å². The van der Waals surface area contributed by atoms with Crippen molar-refractivity contribution >= 4 is 5.96 Å². The Bertz CT molecular complexity index is 662. The van der Waals surface area contributed by atoms with Crippen molar-refractivity contribution in [3.63, 3.8) is 0 Å². The lowest BCUT2D eigenvalue weighted by molar-refractivity contribution is -0.0212. The first-order chi connectivity index (χ1) is 13.7. The molecule has 3 unspecified atom stereocenters. The zero-order chi connectivity index (χ0) is 19.3. The van der Waals surface area contributed by atoms with Gasteiger partial charge in [-0.3, -0.25) is 9.89 Å². The summed E-state index contributed by atoms with van der Waals surface area (Å²) in [5.74, 6) is 2.83. The fraction of sp³-hybridized carbons (Fsp3) is 0.696. The molecule has 4 rings (SSSR count). The van der Waals surface area contributed by atoms with Gasteiger partial charge < -0.3 is 15.0 Å². The van der Waals surface area contributed by atoms with Gasteiger partial charge in [-0.25, -0.2) is 0 Å². The van der Waals surface area contributed by atoms with E-state index in [0.717, 1.165) is 50.6 Å². The summed E-state index contributed by atoms with van der Waals surface area (Å²) in [4.78, 5) is 9.55. The molecule has 0 spiro atoms. The molecule has 1 aromatic rings. The van der Waals surface area contributed by atoms with Gasteiger partial charge >= 0.3 is 0 Å². The molecule has 3 aliphatic rings. The molecule has 2 aliphatic heterocycles. The fourth-order valence-electron chi connectivity index (χ4n) is 5.22. The predicted molar refractivity (Wildman–Crippen MR) is 114 cm³/mol. The van der Waals surface area contributed by atoms with Crippen molar-refractivity contribution in [1.29, 1.82) is 0 Å². The van der Waals surface area contributed by atoms with Crippen LogP contribution in [0.25, 0.3) is 0 Å². The highest BCUT2D eigenvalue weighted by molar-refractivity contribution is 5.80. The minimum absolute atomic E-state index is 0.339. The molecule has 0 amide bonds. The number of aliphatic imine (C=N–C) groups is 1.